The zero-order valence-electron chi connectivity index (χ0n) is 12.6. The van der Waals surface area contributed by atoms with E-state index in [4.69, 9.17) is 10.5 Å². The fourth-order valence-corrected chi connectivity index (χ4v) is 2.90. The lowest BCUT2D eigenvalue weighted by Crippen LogP contribution is -2.27. The minimum Gasteiger partial charge on any atom is -0.493 e. The van der Waals surface area contributed by atoms with E-state index in [1.165, 1.54) is 11.1 Å². The van der Waals surface area contributed by atoms with Gasteiger partial charge in [0.25, 0.3) is 0 Å². The molecule has 0 fully saturated rings. The van der Waals surface area contributed by atoms with Crippen LogP contribution in [0, 0.1) is 13.8 Å². The molecule has 20 heavy (non-hydrogen) atoms. The van der Waals surface area contributed by atoms with Gasteiger partial charge < -0.3 is 10.5 Å². The number of rotatable bonds is 5. The number of benzene rings is 1. The van der Waals surface area contributed by atoms with Crippen LogP contribution < -0.4 is 10.5 Å². The maximum absolute atomic E-state index is 6.07. The molecule has 108 valence electrons. The third-order valence-electron chi connectivity index (χ3n) is 3.16. The first-order valence-corrected chi connectivity index (χ1v) is 7.62. The predicted molar refractivity (Wildman–Crippen MR) is 84.4 cm³/mol. The Morgan fingerprint density at radius 2 is 1.90 bits per heavy atom. The second-order valence-electron chi connectivity index (χ2n) is 5.66. The van der Waals surface area contributed by atoms with E-state index in [-0.39, 0.29) is 5.54 Å². The number of hydrogen-bond donors (Lipinski definition) is 1. The number of aryl methyl sites for hydroxylation is 2. The number of nitrogens with two attached hydrogens (primary N) is 1. The molecule has 2 rings (SSSR count). The highest BCUT2D eigenvalue weighted by molar-refractivity contribution is 7.11. The van der Waals surface area contributed by atoms with Crippen LogP contribution in [-0.4, -0.2) is 11.6 Å². The van der Waals surface area contributed by atoms with Crippen molar-refractivity contribution in [3.63, 3.8) is 0 Å². The molecule has 0 aliphatic heterocycles. The Balaban J connectivity index is 1.95. The molecule has 0 amide bonds. The zero-order chi connectivity index (χ0) is 14.8. The largest absolute Gasteiger partial charge is 0.493 e. The molecular formula is C16H22N2OS. The minimum absolute atomic E-state index is 0.316. The highest BCUT2D eigenvalue weighted by atomic mass is 32.1. The average Bonchev–Trinajstić information content (AvgIpc) is 2.81. The average molecular weight is 290 g/mol. The number of para-hydroxylation sites is 1. The summed E-state index contributed by atoms with van der Waals surface area (Å²) in [6.07, 6.45) is 2.69. The second kappa shape index (κ2) is 5.94. The van der Waals surface area contributed by atoms with Crippen molar-refractivity contribution in [1.82, 2.24) is 4.98 Å². The quantitative estimate of drug-likeness (QED) is 0.915. The third-order valence-corrected chi connectivity index (χ3v) is 4.56. The van der Waals surface area contributed by atoms with Crippen molar-refractivity contribution < 1.29 is 4.74 Å². The number of aromatic nitrogens is 1. The number of nitrogens with zero attached hydrogens (tertiary/aromatic N) is 1. The molecule has 0 bridgehead atoms. The van der Waals surface area contributed by atoms with E-state index in [2.05, 4.69) is 31.0 Å². The van der Waals surface area contributed by atoms with Crippen LogP contribution in [0.25, 0.3) is 0 Å². The molecule has 1 heterocycles. The summed E-state index contributed by atoms with van der Waals surface area (Å²) in [4.78, 5) is 5.53. The Morgan fingerprint density at radius 3 is 2.45 bits per heavy atom. The summed E-state index contributed by atoms with van der Waals surface area (Å²) >= 11 is 1.67. The standard InChI is InChI=1S/C16H22N2OS/c1-11-6-5-7-12(2)15(11)19-9-8-14-18-10-13(20-14)16(3,4)17/h5-7,10H,8-9,17H2,1-4H3. The molecule has 0 spiro atoms. The van der Waals surface area contributed by atoms with Crippen molar-refractivity contribution in [2.45, 2.75) is 39.7 Å². The van der Waals surface area contributed by atoms with Crippen molar-refractivity contribution in [1.29, 1.82) is 0 Å². The summed E-state index contributed by atoms with van der Waals surface area (Å²) in [6, 6.07) is 6.19. The maximum atomic E-state index is 6.07. The number of ether oxygens (including phenoxy) is 1. The van der Waals surface area contributed by atoms with Crippen molar-refractivity contribution in [3.8, 4) is 5.75 Å². The van der Waals surface area contributed by atoms with Crippen LogP contribution in [0.3, 0.4) is 0 Å². The van der Waals surface area contributed by atoms with Crippen LogP contribution >= 0.6 is 11.3 Å². The molecule has 4 heteroatoms. The van der Waals surface area contributed by atoms with Gasteiger partial charge in [-0.3, -0.25) is 0 Å². The molecule has 0 saturated heterocycles. The molecule has 0 unspecified atom stereocenters. The smallest absolute Gasteiger partial charge is 0.125 e. The van der Waals surface area contributed by atoms with Gasteiger partial charge in [0.2, 0.25) is 0 Å². The lowest BCUT2D eigenvalue weighted by atomic mass is 10.1. The number of thiazole rings is 1. The predicted octanol–water partition coefficient (Wildman–Crippen LogP) is 3.58. The lowest BCUT2D eigenvalue weighted by Gasteiger charge is -2.14. The summed E-state index contributed by atoms with van der Waals surface area (Å²) in [7, 11) is 0. The molecule has 0 aliphatic rings. The summed E-state index contributed by atoms with van der Waals surface area (Å²) in [5.41, 5.74) is 8.10. The molecule has 2 N–H and O–H groups in total. The molecule has 1 aromatic carbocycles. The fraction of sp³-hybridized carbons (Fsp3) is 0.438. The van der Waals surface area contributed by atoms with E-state index in [0.29, 0.717) is 6.61 Å². The topological polar surface area (TPSA) is 48.1 Å². The highest BCUT2D eigenvalue weighted by Crippen LogP contribution is 2.25. The number of hydrogen-bond acceptors (Lipinski definition) is 4. The summed E-state index contributed by atoms with van der Waals surface area (Å²) in [6.45, 7) is 8.78. The van der Waals surface area contributed by atoms with E-state index in [0.717, 1.165) is 22.1 Å². The Hall–Kier alpha value is -1.39. The molecular weight excluding hydrogens is 268 g/mol. The van der Waals surface area contributed by atoms with Gasteiger partial charge in [-0.15, -0.1) is 11.3 Å². The van der Waals surface area contributed by atoms with Crippen LogP contribution in [0.5, 0.6) is 5.75 Å². The first-order valence-electron chi connectivity index (χ1n) is 6.81. The minimum atomic E-state index is -0.316. The van der Waals surface area contributed by atoms with Gasteiger partial charge in [0, 0.05) is 23.0 Å². The van der Waals surface area contributed by atoms with E-state index in [1.54, 1.807) is 11.3 Å². The Kier molecular flexibility index (Phi) is 4.45. The van der Waals surface area contributed by atoms with Gasteiger partial charge in [-0.1, -0.05) is 18.2 Å². The first kappa shape index (κ1) is 15.0. The van der Waals surface area contributed by atoms with Crippen LogP contribution in [0.2, 0.25) is 0 Å². The molecule has 0 radical (unpaired) electrons. The van der Waals surface area contributed by atoms with Gasteiger partial charge in [0.15, 0.2) is 0 Å². The van der Waals surface area contributed by atoms with Crippen molar-refractivity contribution in [2.75, 3.05) is 6.61 Å². The van der Waals surface area contributed by atoms with Gasteiger partial charge >= 0.3 is 0 Å². The monoisotopic (exact) mass is 290 g/mol. The zero-order valence-corrected chi connectivity index (χ0v) is 13.4. The van der Waals surface area contributed by atoms with Gasteiger partial charge in [-0.25, -0.2) is 4.98 Å². The molecule has 3 nitrogen and oxygen atoms in total. The molecule has 0 atom stereocenters. The first-order chi connectivity index (χ1) is 9.38. The van der Waals surface area contributed by atoms with Crippen molar-refractivity contribution in [3.05, 3.63) is 45.4 Å². The third kappa shape index (κ3) is 3.58. The Labute approximate surface area is 124 Å². The van der Waals surface area contributed by atoms with Gasteiger partial charge in [-0.2, -0.15) is 0 Å². The summed E-state index contributed by atoms with van der Waals surface area (Å²) < 4.78 is 5.90. The van der Waals surface area contributed by atoms with E-state index < -0.39 is 0 Å². The van der Waals surface area contributed by atoms with Gasteiger partial charge in [0.1, 0.15) is 5.75 Å². The van der Waals surface area contributed by atoms with E-state index in [9.17, 15) is 0 Å². The summed E-state index contributed by atoms with van der Waals surface area (Å²) in [5, 5.41) is 1.07. The maximum Gasteiger partial charge on any atom is 0.125 e. The summed E-state index contributed by atoms with van der Waals surface area (Å²) in [5.74, 6) is 0.989. The highest BCUT2D eigenvalue weighted by Gasteiger charge is 2.17. The van der Waals surface area contributed by atoms with Crippen LogP contribution in [0.4, 0.5) is 0 Å². The van der Waals surface area contributed by atoms with Crippen LogP contribution in [-0.2, 0) is 12.0 Å². The fourth-order valence-electron chi connectivity index (χ4n) is 1.99. The van der Waals surface area contributed by atoms with E-state index >= 15 is 0 Å². The molecule has 1 aromatic heterocycles. The Bertz CT molecular complexity index is 564. The van der Waals surface area contributed by atoms with Crippen LogP contribution in [0.1, 0.15) is 34.9 Å². The normalized spacial score (nSPS) is 11.7. The second-order valence-corrected chi connectivity index (χ2v) is 6.77. The molecule has 2 aromatic rings. The lowest BCUT2D eigenvalue weighted by molar-refractivity contribution is 0.317. The van der Waals surface area contributed by atoms with E-state index in [1.807, 2.05) is 26.1 Å². The van der Waals surface area contributed by atoms with Gasteiger partial charge in [-0.05, 0) is 38.8 Å². The Morgan fingerprint density at radius 1 is 1.25 bits per heavy atom. The molecule has 0 aliphatic carbocycles. The van der Waals surface area contributed by atoms with Crippen LogP contribution in [0.15, 0.2) is 24.4 Å². The SMILES string of the molecule is Cc1cccc(C)c1OCCc1ncc(C(C)(C)N)s1. The van der Waals surface area contributed by atoms with Gasteiger partial charge in [0.05, 0.1) is 11.6 Å². The van der Waals surface area contributed by atoms with Crippen molar-refractivity contribution in [2.24, 2.45) is 5.73 Å². The molecule has 0 saturated carbocycles. The van der Waals surface area contributed by atoms with Crippen molar-refractivity contribution >= 4 is 11.3 Å².